The molecule has 1 heterocycles. The molecule has 0 atom stereocenters. The van der Waals surface area contributed by atoms with E-state index >= 15 is 0 Å². The lowest BCUT2D eigenvalue weighted by molar-refractivity contribution is 0.0693. The van der Waals surface area contributed by atoms with Crippen LogP contribution < -0.4 is 10.3 Å². The maximum Gasteiger partial charge on any atom is 0.341 e. The Kier molecular flexibility index (Phi) is 3.53. The molecule has 1 aromatic heterocycles. The topological polar surface area (TPSA) is 79.4 Å². The summed E-state index contributed by atoms with van der Waals surface area (Å²) in [7, 11) is 1.52. The molecular weight excluding hydrogens is 258 g/mol. The molecule has 2 aromatic rings. The van der Waals surface area contributed by atoms with Gasteiger partial charge in [0.2, 0.25) is 0 Å². The molecule has 0 aliphatic rings. The van der Waals surface area contributed by atoms with E-state index in [1.165, 1.54) is 7.11 Å². The maximum absolute atomic E-state index is 12.1. The number of hydrogen-bond donors (Lipinski definition) is 2. The molecular formula is C15H17NO4. The number of rotatable bonds is 3. The average Bonchev–Trinajstić information content (AvgIpc) is 2.37. The number of aromatic amines is 1. The zero-order valence-electron chi connectivity index (χ0n) is 11.9. The fourth-order valence-electron chi connectivity index (χ4n) is 2.54. The van der Waals surface area contributed by atoms with Crippen molar-refractivity contribution in [2.24, 2.45) is 0 Å². The first-order chi connectivity index (χ1) is 9.38. The van der Waals surface area contributed by atoms with Gasteiger partial charge in [0, 0.05) is 5.39 Å². The first-order valence-electron chi connectivity index (χ1n) is 6.35. The van der Waals surface area contributed by atoms with Gasteiger partial charge in [-0.15, -0.1) is 0 Å². The number of carboxylic acids is 1. The van der Waals surface area contributed by atoms with Crippen molar-refractivity contribution in [2.75, 3.05) is 7.11 Å². The Morgan fingerprint density at radius 2 is 2.00 bits per heavy atom. The highest BCUT2D eigenvalue weighted by Crippen LogP contribution is 2.33. The third-order valence-electron chi connectivity index (χ3n) is 3.39. The third kappa shape index (κ3) is 2.05. The number of methoxy groups -OCH3 is 1. The highest BCUT2D eigenvalue weighted by atomic mass is 16.5. The third-order valence-corrected chi connectivity index (χ3v) is 3.39. The number of aromatic nitrogens is 1. The number of pyridine rings is 1. The molecule has 20 heavy (non-hydrogen) atoms. The van der Waals surface area contributed by atoms with Gasteiger partial charge in [-0.1, -0.05) is 19.9 Å². The van der Waals surface area contributed by atoms with Crippen LogP contribution in [0.2, 0.25) is 0 Å². The Hall–Kier alpha value is -2.30. The van der Waals surface area contributed by atoms with Crippen LogP contribution in [0.3, 0.4) is 0 Å². The van der Waals surface area contributed by atoms with Gasteiger partial charge >= 0.3 is 5.97 Å². The van der Waals surface area contributed by atoms with Crippen molar-refractivity contribution >= 4 is 16.9 Å². The number of carbonyl (C=O) groups is 1. The van der Waals surface area contributed by atoms with E-state index in [4.69, 9.17) is 4.74 Å². The minimum absolute atomic E-state index is 0.0864. The zero-order chi connectivity index (χ0) is 15.0. The predicted octanol–water partition coefficient (Wildman–Crippen LogP) is 2.67. The molecule has 2 rings (SSSR count). The van der Waals surface area contributed by atoms with Gasteiger partial charge < -0.3 is 14.8 Å². The molecule has 0 spiro atoms. The van der Waals surface area contributed by atoms with E-state index in [0.717, 1.165) is 10.9 Å². The van der Waals surface area contributed by atoms with Crippen molar-refractivity contribution in [1.82, 2.24) is 4.98 Å². The highest BCUT2D eigenvalue weighted by molar-refractivity contribution is 5.99. The molecule has 0 amide bonds. The van der Waals surface area contributed by atoms with Gasteiger partial charge in [0.25, 0.3) is 5.56 Å². The summed E-state index contributed by atoms with van der Waals surface area (Å²) in [4.78, 5) is 26.1. The molecule has 0 aliphatic carbocycles. The van der Waals surface area contributed by atoms with Gasteiger partial charge in [-0.25, -0.2) is 4.79 Å². The molecule has 0 radical (unpaired) electrons. The Bertz CT molecular complexity index is 744. The van der Waals surface area contributed by atoms with Crippen LogP contribution in [0, 0.1) is 6.92 Å². The fourth-order valence-corrected chi connectivity index (χ4v) is 2.54. The molecule has 0 aliphatic heterocycles. The average molecular weight is 275 g/mol. The largest absolute Gasteiger partial charge is 0.495 e. The summed E-state index contributed by atoms with van der Waals surface area (Å²) in [5.41, 5.74) is 1.21. The van der Waals surface area contributed by atoms with E-state index in [9.17, 15) is 14.7 Å². The van der Waals surface area contributed by atoms with Crippen molar-refractivity contribution in [3.8, 4) is 5.75 Å². The Labute approximate surface area is 116 Å². The normalized spacial score (nSPS) is 11.1. The van der Waals surface area contributed by atoms with Gasteiger partial charge in [0.1, 0.15) is 11.3 Å². The second kappa shape index (κ2) is 5.00. The molecule has 2 N–H and O–H groups in total. The number of hydrogen-bond acceptors (Lipinski definition) is 3. The number of aryl methyl sites for hydroxylation is 1. The Morgan fingerprint density at radius 3 is 2.50 bits per heavy atom. The van der Waals surface area contributed by atoms with E-state index < -0.39 is 11.5 Å². The van der Waals surface area contributed by atoms with Gasteiger partial charge in [0.05, 0.1) is 12.6 Å². The summed E-state index contributed by atoms with van der Waals surface area (Å²) in [6.45, 7) is 5.64. The first kappa shape index (κ1) is 14.1. The molecule has 0 bridgehead atoms. The highest BCUT2D eigenvalue weighted by Gasteiger charge is 2.23. The van der Waals surface area contributed by atoms with Crippen LogP contribution in [0.4, 0.5) is 0 Å². The maximum atomic E-state index is 12.1. The molecule has 0 saturated heterocycles. The predicted molar refractivity (Wildman–Crippen MR) is 76.9 cm³/mol. The van der Waals surface area contributed by atoms with Crippen molar-refractivity contribution < 1.29 is 14.6 Å². The lowest BCUT2D eigenvalue weighted by Gasteiger charge is -2.16. The Balaban J connectivity index is 3.10. The lowest BCUT2D eigenvalue weighted by Crippen LogP contribution is -2.22. The van der Waals surface area contributed by atoms with E-state index in [1.807, 2.05) is 26.8 Å². The fraction of sp³-hybridized carbons (Fsp3) is 0.333. The molecule has 1 aromatic carbocycles. The summed E-state index contributed by atoms with van der Waals surface area (Å²) in [6, 6.07) is 3.62. The van der Waals surface area contributed by atoms with Crippen molar-refractivity contribution in [3.63, 3.8) is 0 Å². The number of H-pyrrole nitrogens is 1. The lowest BCUT2D eigenvalue weighted by atomic mass is 9.91. The zero-order valence-corrected chi connectivity index (χ0v) is 11.9. The summed E-state index contributed by atoms with van der Waals surface area (Å²) in [5, 5.41) is 10.1. The number of fused-ring (bicyclic) bond motifs is 1. The van der Waals surface area contributed by atoms with Gasteiger partial charge in [-0.3, -0.25) is 4.79 Å². The first-order valence-corrected chi connectivity index (χ1v) is 6.35. The second-order valence-electron chi connectivity index (χ2n) is 5.04. The van der Waals surface area contributed by atoms with Crippen molar-refractivity contribution in [2.45, 2.75) is 26.7 Å². The van der Waals surface area contributed by atoms with Crippen LogP contribution in [-0.2, 0) is 0 Å². The van der Waals surface area contributed by atoms with E-state index in [2.05, 4.69) is 4.98 Å². The molecule has 0 saturated carbocycles. The second-order valence-corrected chi connectivity index (χ2v) is 5.04. The van der Waals surface area contributed by atoms with Gasteiger partial charge in [-0.2, -0.15) is 0 Å². The summed E-state index contributed by atoms with van der Waals surface area (Å²) in [5.74, 6) is -0.766. The number of carboxylic acid groups (broad SMARTS) is 1. The summed E-state index contributed by atoms with van der Waals surface area (Å²) >= 11 is 0. The number of ether oxygens (including phenoxy) is 1. The van der Waals surface area contributed by atoms with Crippen LogP contribution in [0.15, 0.2) is 16.9 Å². The SMILES string of the molecule is COc1ccc(C)c2c(C(C)C)c(C(=O)O)c(=O)[nH]c12. The standard InChI is InChI=1S/C15H17NO4/c1-7(2)10-11-8(3)5-6-9(20-4)13(11)16-14(17)12(10)15(18)19/h5-7H,1-4H3,(H,16,17)(H,18,19). The number of nitrogens with one attached hydrogen (secondary N) is 1. The van der Waals surface area contributed by atoms with Gasteiger partial charge in [0.15, 0.2) is 0 Å². The van der Waals surface area contributed by atoms with E-state index in [0.29, 0.717) is 16.8 Å². The van der Waals surface area contributed by atoms with E-state index in [1.54, 1.807) is 6.07 Å². The number of benzene rings is 1. The van der Waals surface area contributed by atoms with Gasteiger partial charge in [-0.05, 0) is 30.0 Å². The monoisotopic (exact) mass is 275 g/mol. The minimum atomic E-state index is -1.21. The molecule has 5 heteroatoms. The smallest absolute Gasteiger partial charge is 0.341 e. The van der Waals surface area contributed by atoms with Crippen LogP contribution in [0.5, 0.6) is 5.75 Å². The Morgan fingerprint density at radius 1 is 1.35 bits per heavy atom. The van der Waals surface area contributed by atoms with E-state index in [-0.39, 0.29) is 11.5 Å². The van der Waals surface area contributed by atoms with Crippen LogP contribution in [-0.4, -0.2) is 23.2 Å². The quantitative estimate of drug-likeness (QED) is 0.902. The van der Waals surface area contributed by atoms with Crippen LogP contribution in [0.1, 0.15) is 41.3 Å². The molecule has 106 valence electrons. The molecule has 0 fully saturated rings. The van der Waals surface area contributed by atoms with Crippen molar-refractivity contribution in [3.05, 3.63) is 39.2 Å². The van der Waals surface area contributed by atoms with Crippen molar-refractivity contribution in [1.29, 1.82) is 0 Å². The van der Waals surface area contributed by atoms with Crippen LogP contribution >= 0.6 is 0 Å². The summed E-state index contributed by atoms with van der Waals surface area (Å²) < 4.78 is 5.25. The summed E-state index contributed by atoms with van der Waals surface area (Å²) in [6.07, 6.45) is 0. The number of aromatic carboxylic acids is 1. The molecule has 5 nitrogen and oxygen atoms in total. The molecule has 0 unspecified atom stereocenters. The minimum Gasteiger partial charge on any atom is -0.495 e. The van der Waals surface area contributed by atoms with Crippen LogP contribution in [0.25, 0.3) is 10.9 Å².